The lowest BCUT2D eigenvalue weighted by atomic mass is 9.93. The van der Waals surface area contributed by atoms with Crippen molar-refractivity contribution in [2.75, 3.05) is 13.1 Å². The molecule has 1 aliphatic rings. The van der Waals surface area contributed by atoms with Gasteiger partial charge in [-0.25, -0.2) is 4.79 Å². The summed E-state index contributed by atoms with van der Waals surface area (Å²) in [5.74, 6) is -0.129. The molecule has 0 aliphatic heterocycles. The Balaban J connectivity index is 1.86. The Morgan fingerprint density at radius 1 is 1.09 bits per heavy atom. The Bertz CT molecular complexity index is 903. The molecule has 0 saturated carbocycles. The average molecular weight is 439 g/mol. The van der Waals surface area contributed by atoms with E-state index < -0.39 is 11.7 Å². The van der Waals surface area contributed by atoms with Crippen molar-refractivity contribution in [1.82, 2.24) is 10.6 Å². The van der Waals surface area contributed by atoms with Crippen LogP contribution in [0.25, 0.3) is 11.6 Å². The molecule has 172 valence electrons. The van der Waals surface area contributed by atoms with Crippen LogP contribution in [0, 0.1) is 0 Å². The maximum absolute atomic E-state index is 12.0. The normalized spacial score (nSPS) is 13.9. The number of allylic oxidation sites excluding steroid dienone is 3. The molecule has 0 heterocycles. The van der Waals surface area contributed by atoms with Gasteiger partial charge in [-0.3, -0.25) is 9.59 Å². The standard InChI is InChI=1S/C26H34N2O4/c1-5-7-23(29)15-12-19-10-13-21(14-11-19)22-9-6-8-20(16-22)17-27-24(30)18-28-25(31)32-26(2,3)4/h8,10-16H,5-7,9,17-18H2,1-4H3,(H,27,30)(H,28,31)/b15-12+. The predicted molar refractivity (Wildman–Crippen MR) is 128 cm³/mol. The maximum atomic E-state index is 12.0. The minimum atomic E-state index is -0.611. The van der Waals surface area contributed by atoms with Crippen molar-refractivity contribution < 1.29 is 19.1 Å². The monoisotopic (exact) mass is 438 g/mol. The molecule has 0 aromatic heterocycles. The van der Waals surface area contributed by atoms with Crippen LogP contribution in [0.15, 0.2) is 48.1 Å². The number of hydrogen-bond acceptors (Lipinski definition) is 4. The molecule has 1 aromatic rings. The molecule has 0 atom stereocenters. The van der Waals surface area contributed by atoms with Crippen LogP contribution in [0.5, 0.6) is 0 Å². The van der Waals surface area contributed by atoms with E-state index in [0.29, 0.717) is 13.0 Å². The fourth-order valence-electron chi connectivity index (χ4n) is 3.18. The molecule has 0 unspecified atom stereocenters. The lowest BCUT2D eigenvalue weighted by Gasteiger charge is -2.19. The first-order chi connectivity index (χ1) is 15.2. The van der Waals surface area contributed by atoms with Gasteiger partial charge >= 0.3 is 6.09 Å². The number of nitrogens with one attached hydrogen (secondary N) is 2. The second kappa shape index (κ2) is 12.0. The number of carbonyl (C=O) groups excluding carboxylic acids is 3. The lowest BCUT2D eigenvalue weighted by molar-refractivity contribution is -0.120. The smallest absolute Gasteiger partial charge is 0.408 e. The molecule has 2 amide bonds. The van der Waals surface area contributed by atoms with Gasteiger partial charge < -0.3 is 15.4 Å². The van der Waals surface area contributed by atoms with Crippen LogP contribution in [0.2, 0.25) is 0 Å². The summed E-state index contributed by atoms with van der Waals surface area (Å²) in [4.78, 5) is 35.3. The zero-order chi connectivity index (χ0) is 23.6. The number of rotatable bonds is 9. The second-order valence-electron chi connectivity index (χ2n) is 8.79. The van der Waals surface area contributed by atoms with E-state index in [2.05, 4.69) is 34.9 Å². The SMILES string of the molecule is CCCC(=O)/C=C/c1ccc(C2=CC(CNC(=O)CNC(=O)OC(C)(C)C)=CCC2)cc1. The molecular formula is C26H34N2O4. The summed E-state index contributed by atoms with van der Waals surface area (Å²) in [7, 11) is 0. The van der Waals surface area contributed by atoms with E-state index in [-0.39, 0.29) is 18.2 Å². The first kappa shape index (κ1) is 25.1. The fourth-order valence-corrected chi connectivity index (χ4v) is 3.18. The Morgan fingerprint density at radius 2 is 1.81 bits per heavy atom. The van der Waals surface area contributed by atoms with Gasteiger partial charge in [0, 0.05) is 13.0 Å². The van der Waals surface area contributed by atoms with E-state index >= 15 is 0 Å². The Kier molecular flexibility index (Phi) is 9.44. The van der Waals surface area contributed by atoms with Crippen LogP contribution in [0.3, 0.4) is 0 Å². The number of benzene rings is 1. The number of ether oxygens (including phenoxy) is 1. The summed E-state index contributed by atoms with van der Waals surface area (Å²) in [6.45, 7) is 7.57. The summed E-state index contributed by atoms with van der Waals surface area (Å²) in [5.41, 5.74) is 3.77. The van der Waals surface area contributed by atoms with Crippen LogP contribution >= 0.6 is 0 Å². The lowest BCUT2D eigenvalue weighted by Crippen LogP contribution is -2.40. The highest BCUT2D eigenvalue weighted by Gasteiger charge is 2.16. The van der Waals surface area contributed by atoms with E-state index in [1.54, 1.807) is 26.8 Å². The van der Waals surface area contributed by atoms with Gasteiger partial charge in [0.05, 0.1) is 0 Å². The molecule has 1 aromatic carbocycles. The summed E-state index contributed by atoms with van der Waals surface area (Å²) in [6.07, 6.45) is 10.4. The van der Waals surface area contributed by atoms with E-state index in [1.807, 2.05) is 25.1 Å². The molecule has 32 heavy (non-hydrogen) atoms. The summed E-state index contributed by atoms with van der Waals surface area (Å²) < 4.78 is 5.12. The molecular weight excluding hydrogens is 404 g/mol. The number of hydrogen-bond donors (Lipinski definition) is 2. The summed E-state index contributed by atoms with van der Waals surface area (Å²) >= 11 is 0. The highest BCUT2D eigenvalue weighted by molar-refractivity contribution is 5.93. The van der Waals surface area contributed by atoms with Gasteiger partial charge in [-0.1, -0.05) is 49.4 Å². The quantitative estimate of drug-likeness (QED) is 0.542. The van der Waals surface area contributed by atoms with Crippen molar-refractivity contribution >= 4 is 29.4 Å². The van der Waals surface area contributed by atoms with Crippen molar-refractivity contribution in [2.24, 2.45) is 0 Å². The Hall–Kier alpha value is -3.15. The van der Waals surface area contributed by atoms with Crippen molar-refractivity contribution in [3.05, 3.63) is 59.2 Å². The average Bonchev–Trinajstić information content (AvgIpc) is 2.74. The zero-order valence-corrected chi connectivity index (χ0v) is 19.5. The van der Waals surface area contributed by atoms with E-state index in [0.717, 1.165) is 36.0 Å². The summed E-state index contributed by atoms with van der Waals surface area (Å²) in [5, 5.41) is 5.28. The van der Waals surface area contributed by atoms with Gasteiger partial charge in [-0.05, 0) is 68.4 Å². The molecule has 1 aliphatic carbocycles. The van der Waals surface area contributed by atoms with E-state index in [9.17, 15) is 14.4 Å². The predicted octanol–water partition coefficient (Wildman–Crippen LogP) is 4.81. The largest absolute Gasteiger partial charge is 0.444 e. The van der Waals surface area contributed by atoms with Gasteiger partial charge in [-0.15, -0.1) is 0 Å². The van der Waals surface area contributed by atoms with E-state index in [1.165, 1.54) is 5.57 Å². The third kappa shape index (κ3) is 9.33. The molecule has 0 radical (unpaired) electrons. The third-order valence-electron chi connectivity index (χ3n) is 4.70. The maximum Gasteiger partial charge on any atom is 0.408 e. The van der Waals surface area contributed by atoms with Gasteiger partial charge in [0.25, 0.3) is 0 Å². The van der Waals surface area contributed by atoms with Crippen LogP contribution in [0.4, 0.5) is 4.79 Å². The molecule has 6 nitrogen and oxygen atoms in total. The van der Waals surface area contributed by atoms with Crippen LogP contribution < -0.4 is 10.6 Å². The molecule has 0 saturated heterocycles. The molecule has 2 N–H and O–H groups in total. The minimum Gasteiger partial charge on any atom is -0.444 e. The first-order valence-corrected chi connectivity index (χ1v) is 11.1. The van der Waals surface area contributed by atoms with Crippen LogP contribution in [-0.2, 0) is 14.3 Å². The highest BCUT2D eigenvalue weighted by Crippen LogP contribution is 2.26. The number of carbonyl (C=O) groups is 3. The fraction of sp³-hybridized carbons (Fsp3) is 0.423. The molecule has 0 fully saturated rings. The van der Waals surface area contributed by atoms with Gasteiger partial charge in [-0.2, -0.15) is 0 Å². The second-order valence-corrected chi connectivity index (χ2v) is 8.79. The molecule has 6 heteroatoms. The zero-order valence-electron chi connectivity index (χ0n) is 19.5. The van der Waals surface area contributed by atoms with Gasteiger partial charge in [0.2, 0.25) is 5.91 Å². The topological polar surface area (TPSA) is 84.5 Å². The van der Waals surface area contributed by atoms with Crippen molar-refractivity contribution in [3.8, 4) is 0 Å². The first-order valence-electron chi connectivity index (χ1n) is 11.1. The van der Waals surface area contributed by atoms with E-state index in [4.69, 9.17) is 4.74 Å². The van der Waals surface area contributed by atoms with Gasteiger partial charge in [0.15, 0.2) is 5.78 Å². The number of alkyl carbamates (subject to hydrolysis) is 1. The molecule has 0 bridgehead atoms. The van der Waals surface area contributed by atoms with Crippen molar-refractivity contribution in [1.29, 1.82) is 0 Å². The number of amides is 2. The van der Waals surface area contributed by atoms with Crippen molar-refractivity contribution in [2.45, 2.75) is 59.0 Å². The Morgan fingerprint density at radius 3 is 2.47 bits per heavy atom. The summed E-state index contributed by atoms with van der Waals surface area (Å²) in [6, 6.07) is 8.13. The molecule has 0 spiro atoms. The third-order valence-corrected chi connectivity index (χ3v) is 4.70. The van der Waals surface area contributed by atoms with Crippen LogP contribution in [0.1, 0.15) is 64.5 Å². The molecule has 2 rings (SSSR count). The van der Waals surface area contributed by atoms with Crippen molar-refractivity contribution in [3.63, 3.8) is 0 Å². The minimum absolute atomic E-state index is 0.130. The Labute approximate surface area is 190 Å². The number of ketones is 1. The highest BCUT2D eigenvalue weighted by atomic mass is 16.6. The van der Waals surface area contributed by atoms with Crippen LogP contribution in [-0.4, -0.2) is 36.5 Å². The van der Waals surface area contributed by atoms with Gasteiger partial charge in [0.1, 0.15) is 12.1 Å².